The molecule has 0 radical (unpaired) electrons. The molecule has 4 nitrogen and oxygen atoms in total. The Bertz CT molecular complexity index is 582. The second kappa shape index (κ2) is 4.38. The Morgan fingerprint density at radius 1 is 1.32 bits per heavy atom. The minimum absolute atomic E-state index is 0.0624. The van der Waals surface area contributed by atoms with Crippen LogP contribution in [-0.4, -0.2) is 36.1 Å². The van der Waals surface area contributed by atoms with Crippen molar-refractivity contribution in [3.05, 3.63) is 36.1 Å². The first-order chi connectivity index (χ1) is 9.05. The Labute approximate surface area is 111 Å². The minimum Gasteiger partial charge on any atom is -0.451 e. The van der Waals surface area contributed by atoms with Gasteiger partial charge in [0.1, 0.15) is 5.58 Å². The van der Waals surface area contributed by atoms with E-state index in [1.807, 2.05) is 38.1 Å². The maximum atomic E-state index is 12.4. The van der Waals surface area contributed by atoms with E-state index in [0.29, 0.717) is 25.5 Å². The van der Waals surface area contributed by atoms with Gasteiger partial charge in [0, 0.05) is 18.5 Å². The molecule has 1 amide bonds. The van der Waals surface area contributed by atoms with E-state index < -0.39 is 0 Å². The lowest BCUT2D eigenvalue weighted by atomic mass is 10.1. The average Bonchev–Trinajstić information content (AvgIpc) is 2.80. The molecule has 19 heavy (non-hydrogen) atoms. The van der Waals surface area contributed by atoms with Gasteiger partial charge in [-0.05, 0) is 26.0 Å². The highest BCUT2D eigenvalue weighted by molar-refractivity contribution is 5.96. The summed E-state index contributed by atoms with van der Waals surface area (Å²) in [6, 6.07) is 9.45. The van der Waals surface area contributed by atoms with Crippen LogP contribution in [0.15, 0.2) is 34.7 Å². The summed E-state index contributed by atoms with van der Waals surface area (Å²) in [5.41, 5.74) is 0.457. The number of rotatable bonds is 1. The van der Waals surface area contributed by atoms with Crippen molar-refractivity contribution < 1.29 is 13.9 Å². The van der Waals surface area contributed by atoms with Gasteiger partial charge in [-0.15, -0.1) is 0 Å². The van der Waals surface area contributed by atoms with Crippen LogP contribution in [0.2, 0.25) is 0 Å². The average molecular weight is 259 g/mol. The van der Waals surface area contributed by atoms with Crippen LogP contribution in [0, 0.1) is 0 Å². The minimum atomic E-state index is -0.292. The monoisotopic (exact) mass is 259 g/mol. The number of benzene rings is 1. The zero-order valence-electron chi connectivity index (χ0n) is 11.2. The van der Waals surface area contributed by atoms with E-state index in [9.17, 15) is 4.79 Å². The largest absolute Gasteiger partial charge is 0.451 e. The van der Waals surface area contributed by atoms with Gasteiger partial charge in [-0.25, -0.2) is 0 Å². The van der Waals surface area contributed by atoms with E-state index in [1.54, 1.807) is 11.0 Å². The molecule has 0 unspecified atom stereocenters. The number of hydrogen-bond donors (Lipinski definition) is 0. The molecule has 1 aromatic carbocycles. The summed E-state index contributed by atoms with van der Waals surface area (Å²) in [6.07, 6.45) is 0. The van der Waals surface area contributed by atoms with Crippen molar-refractivity contribution in [2.24, 2.45) is 0 Å². The molecule has 0 bridgehead atoms. The first kappa shape index (κ1) is 12.2. The molecule has 1 aliphatic heterocycles. The molecule has 1 aromatic heterocycles. The standard InChI is InChI=1S/C15H17NO3/c1-15(2)10-16(7-8-18-15)14(17)13-9-11-5-3-4-6-12(11)19-13/h3-6,9H,7-8,10H2,1-2H3. The van der Waals surface area contributed by atoms with Crippen molar-refractivity contribution in [2.45, 2.75) is 19.4 Å². The van der Waals surface area contributed by atoms with Gasteiger partial charge < -0.3 is 14.1 Å². The second-order valence-corrected chi connectivity index (χ2v) is 5.48. The lowest BCUT2D eigenvalue weighted by Gasteiger charge is -2.37. The lowest BCUT2D eigenvalue weighted by Crippen LogP contribution is -2.50. The predicted molar refractivity (Wildman–Crippen MR) is 72.1 cm³/mol. The summed E-state index contributed by atoms with van der Waals surface area (Å²) < 4.78 is 11.2. The molecule has 1 fully saturated rings. The topological polar surface area (TPSA) is 42.7 Å². The first-order valence-corrected chi connectivity index (χ1v) is 6.47. The van der Waals surface area contributed by atoms with Crippen LogP contribution in [0.3, 0.4) is 0 Å². The highest BCUT2D eigenvalue weighted by Gasteiger charge is 2.31. The molecule has 1 aliphatic rings. The van der Waals surface area contributed by atoms with Crippen molar-refractivity contribution in [3.63, 3.8) is 0 Å². The zero-order chi connectivity index (χ0) is 13.5. The molecule has 4 heteroatoms. The number of para-hydroxylation sites is 1. The Kier molecular flexibility index (Phi) is 2.82. The van der Waals surface area contributed by atoms with Crippen molar-refractivity contribution >= 4 is 16.9 Å². The third-order valence-corrected chi connectivity index (χ3v) is 3.35. The molecule has 0 spiro atoms. The van der Waals surface area contributed by atoms with Crippen LogP contribution in [0.5, 0.6) is 0 Å². The van der Waals surface area contributed by atoms with E-state index in [-0.39, 0.29) is 11.5 Å². The fourth-order valence-corrected chi connectivity index (χ4v) is 2.43. The summed E-state index contributed by atoms with van der Waals surface area (Å²) in [5, 5.41) is 0.957. The lowest BCUT2D eigenvalue weighted by molar-refractivity contribution is -0.0768. The fraction of sp³-hybridized carbons (Fsp3) is 0.400. The van der Waals surface area contributed by atoms with Crippen LogP contribution in [0.1, 0.15) is 24.4 Å². The Hall–Kier alpha value is -1.81. The Morgan fingerprint density at radius 3 is 2.84 bits per heavy atom. The van der Waals surface area contributed by atoms with Gasteiger partial charge in [-0.1, -0.05) is 18.2 Å². The maximum Gasteiger partial charge on any atom is 0.289 e. The molecule has 0 saturated carbocycles. The SMILES string of the molecule is CC1(C)CN(C(=O)c2cc3ccccc3o2)CCO1. The molecule has 0 N–H and O–H groups in total. The maximum absolute atomic E-state index is 12.4. The number of hydrogen-bond acceptors (Lipinski definition) is 3. The molecule has 100 valence electrons. The van der Waals surface area contributed by atoms with Gasteiger partial charge in [0.2, 0.25) is 0 Å². The predicted octanol–water partition coefficient (Wildman–Crippen LogP) is 2.68. The van der Waals surface area contributed by atoms with Crippen LogP contribution < -0.4 is 0 Å². The number of carbonyl (C=O) groups is 1. The van der Waals surface area contributed by atoms with Gasteiger partial charge in [-0.2, -0.15) is 0 Å². The molecule has 2 aromatic rings. The second-order valence-electron chi connectivity index (χ2n) is 5.48. The highest BCUT2D eigenvalue weighted by Crippen LogP contribution is 2.23. The molecule has 0 atom stereocenters. The molecule has 3 rings (SSSR count). The fourth-order valence-electron chi connectivity index (χ4n) is 2.43. The van der Waals surface area contributed by atoms with E-state index >= 15 is 0 Å². The molecule has 2 heterocycles. The van der Waals surface area contributed by atoms with Crippen molar-refractivity contribution in [1.29, 1.82) is 0 Å². The van der Waals surface area contributed by atoms with Gasteiger partial charge in [-0.3, -0.25) is 4.79 Å². The number of amides is 1. The molecular weight excluding hydrogens is 242 g/mol. The van der Waals surface area contributed by atoms with Crippen molar-refractivity contribution in [2.75, 3.05) is 19.7 Å². The third kappa shape index (κ3) is 2.36. The quantitative estimate of drug-likeness (QED) is 0.790. The van der Waals surface area contributed by atoms with Crippen LogP contribution in [-0.2, 0) is 4.74 Å². The van der Waals surface area contributed by atoms with Gasteiger partial charge in [0.25, 0.3) is 5.91 Å². The summed E-state index contributed by atoms with van der Waals surface area (Å²) in [4.78, 5) is 14.2. The molecule has 0 aliphatic carbocycles. The van der Waals surface area contributed by atoms with Crippen LogP contribution in [0.4, 0.5) is 0 Å². The zero-order valence-corrected chi connectivity index (χ0v) is 11.2. The van der Waals surface area contributed by atoms with E-state index in [0.717, 1.165) is 11.0 Å². The van der Waals surface area contributed by atoms with E-state index in [2.05, 4.69) is 0 Å². The number of carbonyl (C=O) groups excluding carboxylic acids is 1. The first-order valence-electron chi connectivity index (χ1n) is 6.47. The van der Waals surface area contributed by atoms with Gasteiger partial charge >= 0.3 is 0 Å². The number of nitrogens with zero attached hydrogens (tertiary/aromatic N) is 1. The summed E-state index contributed by atoms with van der Waals surface area (Å²) in [6.45, 7) is 5.75. The van der Waals surface area contributed by atoms with E-state index in [1.165, 1.54) is 0 Å². The van der Waals surface area contributed by atoms with Crippen molar-refractivity contribution in [3.8, 4) is 0 Å². The number of fused-ring (bicyclic) bond motifs is 1. The normalized spacial score (nSPS) is 18.7. The van der Waals surface area contributed by atoms with Gasteiger partial charge in [0.05, 0.1) is 12.2 Å². The number of ether oxygens (including phenoxy) is 1. The van der Waals surface area contributed by atoms with Crippen molar-refractivity contribution in [1.82, 2.24) is 4.90 Å². The summed E-state index contributed by atoms with van der Waals surface area (Å²) in [7, 11) is 0. The Balaban J connectivity index is 1.87. The van der Waals surface area contributed by atoms with Gasteiger partial charge in [0.15, 0.2) is 5.76 Å². The third-order valence-electron chi connectivity index (χ3n) is 3.35. The van der Waals surface area contributed by atoms with E-state index in [4.69, 9.17) is 9.15 Å². The van der Waals surface area contributed by atoms with Crippen LogP contribution in [0.25, 0.3) is 11.0 Å². The summed E-state index contributed by atoms with van der Waals surface area (Å²) in [5.74, 6) is 0.339. The highest BCUT2D eigenvalue weighted by atomic mass is 16.5. The number of furan rings is 1. The Morgan fingerprint density at radius 2 is 2.11 bits per heavy atom. The summed E-state index contributed by atoms with van der Waals surface area (Å²) >= 11 is 0. The van der Waals surface area contributed by atoms with Crippen LogP contribution >= 0.6 is 0 Å². The number of morpholine rings is 1. The smallest absolute Gasteiger partial charge is 0.289 e. The molecule has 1 saturated heterocycles. The molecular formula is C15H17NO3.